The summed E-state index contributed by atoms with van der Waals surface area (Å²) in [5, 5.41) is 4.34. The highest BCUT2D eigenvalue weighted by atomic mass is 79.9. The lowest BCUT2D eigenvalue weighted by Crippen LogP contribution is -2.25. The molecule has 0 amide bonds. The van der Waals surface area contributed by atoms with Gasteiger partial charge in [0.25, 0.3) is 5.95 Å². The Bertz CT molecular complexity index is 704. The van der Waals surface area contributed by atoms with Crippen molar-refractivity contribution in [2.45, 2.75) is 51.9 Å². The molecule has 0 aliphatic heterocycles. The summed E-state index contributed by atoms with van der Waals surface area (Å²) >= 11 is 3.35. The Morgan fingerprint density at radius 2 is 1.91 bits per heavy atom. The Hall–Kier alpha value is -1.37. The van der Waals surface area contributed by atoms with Crippen LogP contribution in [0.3, 0.4) is 0 Å². The number of halogens is 3. The minimum Gasteiger partial charge on any atom is -0.216 e. The molecule has 2 aromatic rings. The van der Waals surface area contributed by atoms with Crippen LogP contribution in [0.4, 0.5) is 8.78 Å². The molecule has 1 aliphatic rings. The number of alkyl halides is 2. The molecule has 0 saturated heterocycles. The number of aryl methyl sites for hydroxylation is 2. The highest BCUT2D eigenvalue weighted by Gasteiger charge is 2.34. The van der Waals surface area contributed by atoms with Gasteiger partial charge in [0, 0.05) is 29.9 Å². The predicted molar refractivity (Wildman–Crippen MR) is 86.9 cm³/mol. The molecule has 1 aliphatic carbocycles. The molecule has 23 heavy (non-hydrogen) atoms. The monoisotopic (exact) mass is 384 g/mol. The Labute approximate surface area is 142 Å². The van der Waals surface area contributed by atoms with Gasteiger partial charge in [0.2, 0.25) is 5.92 Å². The van der Waals surface area contributed by atoms with E-state index >= 15 is 0 Å². The van der Waals surface area contributed by atoms with Crippen molar-refractivity contribution in [3.63, 3.8) is 0 Å². The van der Waals surface area contributed by atoms with Crippen LogP contribution in [-0.2, 0) is 6.42 Å². The van der Waals surface area contributed by atoms with E-state index in [-0.39, 0.29) is 18.8 Å². The average Bonchev–Trinajstić information content (AvgIpc) is 2.79. The summed E-state index contributed by atoms with van der Waals surface area (Å²) in [4.78, 5) is 9.03. The van der Waals surface area contributed by atoms with Crippen LogP contribution in [0.5, 0.6) is 0 Å². The molecule has 4 nitrogen and oxygen atoms in total. The molecular formula is C16H19BrF2N4. The highest BCUT2D eigenvalue weighted by Crippen LogP contribution is 2.37. The normalized spacial score (nSPS) is 18.3. The van der Waals surface area contributed by atoms with E-state index in [4.69, 9.17) is 0 Å². The van der Waals surface area contributed by atoms with Crippen molar-refractivity contribution in [3.05, 3.63) is 33.8 Å². The fourth-order valence-electron chi connectivity index (χ4n) is 3.06. The summed E-state index contributed by atoms with van der Waals surface area (Å²) in [5.74, 6) is -1.69. The standard InChI is InChI=1S/C16H19BrF2N4/c1-10-7-13(9-12-3-5-16(18,19)6-4-12)21-15(20-10)23-11(2)8-14(17)22-23/h7-8,12H,3-6,9H2,1-2H3. The van der Waals surface area contributed by atoms with Gasteiger partial charge in [0.15, 0.2) is 0 Å². The first-order valence-corrected chi connectivity index (χ1v) is 8.57. The van der Waals surface area contributed by atoms with Crippen LogP contribution < -0.4 is 0 Å². The number of hydrogen-bond donors (Lipinski definition) is 0. The molecule has 0 aromatic carbocycles. The first kappa shape index (κ1) is 16.5. The molecule has 0 radical (unpaired) electrons. The Kier molecular flexibility index (Phi) is 4.49. The number of nitrogens with zero attached hydrogens (tertiary/aromatic N) is 4. The van der Waals surface area contributed by atoms with Crippen LogP contribution in [-0.4, -0.2) is 25.7 Å². The zero-order valence-corrected chi connectivity index (χ0v) is 14.8. The maximum Gasteiger partial charge on any atom is 0.251 e. The fourth-order valence-corrected chi connectivity index (χ4v) is 3.55. The van der Waals surface area contributed by atoms with Gasteiger partial charge in [-0.1, -0.05) is 0 Å². The Morgan fingerprint density at radius 3 is 2.52 bits per heavy atom. The van der Waals surface area contributed by atoms with Crippen LogP contribution in [0.25, 0.3) is 5.95 Å². The van der Waals surface area contributed by atoms with Gasteiger partial charge in [-0.15, -0.1) is 0 Å². The van der Waals surface area contributed by atoms with Crippen LogP contribution in [0.2, 0.25) is 0 Å². The SMILES string of the molecule is Cc1cc(CC2CCC(F)(F)CC2)nc(-n2nc(Br)cc2C)n1. The molecular weight excluding hydrogens is 366 g/mol. The van der Waals surface area contributed by atoms with Gasteiger partial charge in [0.1, 0.15) is 4.60 Å². The lowest BCUT2D eigenvalue weighted by atomic mass is 9.84. The number of aromatic nitrogens is 4. The molecule has 124 valence electrons. The molecule has 2 heterocycles. The molecule has 1 saturated carbocycles. The molecule has 2 aromatic heterocycles. The van der Waals surface area contributed by atoms with Gasteiger partial charge < -0.3 is 0 Å². The molecule has 0 unspecified atom stereocenters. The summed E-state index contributed by atoms with van der Waals surface area (Å²) in [6.07, 6.45) is 1.79. The van der Waals surface area contributed by atoms with Crippen molar-refractivity contribution in [2.75, 3.05) is 0 Å². The van der Waals surface area contributed by atoms with Gasteiger partial charge in [-0.2, -0.15) is 5.10 Å². The topological polar surface area (TPSA) is 43.6 Å². The predicted octanol–water partition coefficient (Wildman–Crippen LogP) is 4.41. The quantitative estimate of drug-likeness (QED) is 0.786. The van der Waals surface area contributed by atoms with E-state index in [1.807, 2.05) is 26.0 Å². The van der Waals surface area contributed by atoms with E-state index in [0.29, 0.717) is 25.2 Å². The Balaban J connectivity index is 1.80. The molecule has 0 bridgehead atoms. The summed E-state index contributed by atoms with van der Waals surface area (Å²) < 4.78 is 29.0. The fraction of sp³-hybridized carbons (Fsp3) is 0.562. The second-order valence-electron chi connectivity index (χ2n) is 6.32. The van der Waals surface area contributed by atoms with Crippen molar-refractivity contribution in [2.24, 2.45) is 5.92 Å². The Morgan fingerprint density at radius 1 is 1.22 bits per heavy atom. The van der Waals surface area contributed by atoms with E-state index in [2.05, 4.69) is 31.0 Å². The smallest absolute Gasteiger partial charge is 0.216 e. The second kappa shape index (κ2) is 6.26. The van der Waals surface area contributed by atoms with Crippen molar-refractivity contribution >= 4 is 15.9 Å². The summed E-state index contributed by atoms with van der Waals surface area (Å²) in [6, 6.07) is 3.83. The lowest BCUT2D eigenvalue weighted by Gasteiger charge is -2.28. The van der Waals surface area contributed by atoms with Crippen LogP contribution >= 0.6 is 15.9 Å². The van der Waals surface area contributed by atoms with Gasteiger partial charge >= 0.3 is 0 Å². The largest absolute Gasteiger partial charge is 0.251 e. The maximum absolute atomic E-state index is 13.3. The van der Waals surface area contributed by atoms with Crippen molar-refractivity contribution < 1.29 is 8.78 Å². The lowest BCUT2D eigenvalue weighted by molar-refractivity contribution is -0.0457. The molecule has 1 fully saturated rings. The average molecular weight is 385 g/mol. The minimum atomic E-state index is -2.48. The van der Waals surface area contributed by atoms with Gasteiger partial charge in [0.05, 0.1) is 0 Å². The molecule has 0 N–H and O–H groups in total. The summed E-state index contributed by atoms with van der Waals surface area (Å²) in [6.45, 7) is 3.85. The molecule has 7 heteroatoms. The third-order valence-corrected chi connectivity index (χ3v) is 4.66. The van der Waals surface area contributed by atoms with Crippen molar-refractivity contribution in [3.8, 4) is 5.95 Å². The van der Waals surface area contributed by atoms with E-state index in [1.54, 1.807) is 4.68 Å². The maximum atomic E-state index is 13.3. The van der Waals surface area contributed by atoms with Gasteiger partial charge in [-0.05, 0) is 67.1 Å². The molecule has 3 rings (SSSR count). The second-order valence-corrected chi connectivity index (χ2v) is 7.14. The van der Waals surface area contributed by atoms with Crippen LogP contribution in [0, 0.1) is 19.8 Å². The van der Waals surface area contributed by atoms with E-state index in [1.165, 1.54) is 0 Å². The van der Waals surface area contributed by atoms with E-state index < -0.39 is 5.92 Å². The summed E-state index contributed by atoms with van der Waals surface area (Å²) in [7, 11) is 0. The van der Waals surface area contributed by atoms with Crippen molar-refractivity contribution in [1.82, 2.24) is 19.7 Å². The first-order chi connectivity index (χ1) is 10.8. The number of hydrogen-bond acceptors (Lipinski definition) is 3. The third-order valence-electron chi connectivity index (χ3n) is 4.28. The zero-order valence-electron chi connectivity index (χ0n) is 13.2. The molecule has 0 atom stereocenters. The van der Waals surface area contributed by atoms with Gasteiger partial charge in [-0.3, -0.25) is 0 Å². The zero-order chi connectivity index (χ0) is 16.6. The third kappa shape index (κ3) is 3.94. The van der Waals surface area contributed by atoms with Crippen molar-refractivity contribution in [1.29, 1.82) is 0 Å². The molecule has 0 spiro atoms. The van der Waals surface area contributed by atoms with Crippen LogP contribution in [0.1, 0.15) is 42.8 Å². The highest BCUT2D eigenvalue weighted by molar-refractivity contribution is 9.10. The van der Waals surface area contributed by atoms with E-state index in [9.17, 15) is 8.78 Å². The minimum absolute atomic E-state index is 0.0141. The van der Waals surface area contributed by atoms with Crippen LogP contribution in [0.15, 0.2) is 16.7 Å². The van der Waals surface area contributed by atoms with E-state index in [0.717, 1.165) is 21.7 Å². The summed E-state index contributed by atoms with van der Waals surface area (Å²) in [5.41, 5.74) is 2.69. The number of rotatable bonds is 3. The van der Waals surface area contributed by atoms with Gasteiger partial charge in [-0.25, -0.2) is 23.4 Å². The first-order valence-electron chi connectivity index (χ1n) is 7.77.